The molecule has 1 amide bonds. The van der Waals surface area contributed by atoms with Gasteiger partial charge in [-0.1, -0.05) is 11.8 Å². The lowest BCUT2D eigenvalue weighted by atomic mass is 10.1. The number of hydrogen-bond acceptors (Lipinski definition) is 8. The van der Waals surface area contributed by atoms with Gasteiger partial charge in [0.25, 0.3) is 0 Å². The normalized spacial score (nSPS) is 21.4. The van der Waals surface area contributed by atoms with Crippen molar-refractivity contribution < 1.29 is 13.9 Å². The Labute approximate surface area is 183 Å². The molecular weight excluding hydrogens is 428 g/mol. The largest absolute Gasteiger partial charge is 0.444 e. The summed E-state index contributed by atoms with van der Waals surface area (Å²) in [5, 5.41) is 0.933. The van der Waals surface area contributed by atoms with E-state index in [0.717, 1.165) is 12.8 Å². The lowest BCUT2D eigenvalue weighted by Crippen LogP contribution is -2.57. The summed E-state index contributed by atoms with van der Waals surface area (Å²) >= 11 is 7.49. The Kier molecular flexibility index (Phi) is 5.38. The molecule has 2 aliphatic rings. The van der Waals surface area contributed by atoms with Gasteiger partial charge in [0.1, 0.15) is 16.8 Å². The van der Waals surface area contributed by atoms with Gasteiger partial charge in [0.05, 0.1) is 17.6 Å². The highest BCUT2D eigenvalue weighted by atomic mass is 35.5. The summed E-state index contributed by atoms with van der Waals surface area (Å²) in [7, 11) is 0. The fourth-order valence-electron chi connectivity index (χ4n) is 4.20. The minimum Gasteiger partial charge on any atom is -0.444 e. The van der Waals surface area contributed by atoms with Crippen molar-refractivity contribution in [3.05, 3.63) is 21.2 Å². The number of ether oxygens (including phenoxy) is 1. The Morgan fingerprint density at radius 3 is 2.43 bits per heavy atom. The maximum Gasteiger partial charge on any atom is 0.410 e. The van der Waals surface area contributed by atoms with E-state index in [1.54, 1.807) is 6.92 Å². The van der Waals surface area contributed by atoms with E-state index in [9.17, 15) is 9.59 Å². The van der Waals surface area contributed by atoms with Gasteiger partial charge in [-0.25, -0.2) is 19.6 Å². The van der Waals surface area contributed by atoms with Crippen molar-refractivity contribution in [2.24, 2.45) is 0 Å². The predicted octanol–water partition coefficient (Wildman–Crippen LogP) is 3.85. The number of hydrogen-bond donors (Lipinski definition) is 0. The van der Waals surface area contributed by atoms with E-state index >= 15 is 0 Å². The molecule has 0 spiro atoms. The number of thioether (sulfide) groups is 1. The maximum absolute atomic E-state index is 12.7. The number of carbonyl (C=O) groups is 1. The van der Waals surface area contributed by atoms with E-state index in [1.807, 2.05) is 31.9 Å². The van der Waals surface area contributed by atoms with Crippen LogP contribution >= 0.6 is 23.4 Å². The zero-order valence-corrected chi connectivity index (χ0v) is 19.3. The molecule has 162 valence electrons. The van der Waals surface area contributed by atoms with Crippen LogP contribution in [0.3, 0.4) is 0 Å². The van der Waals surface area contributed by atoms with Crippen LogP contribution in [0.5, 0.6) is 0 Å². The van der Waals surface area contributed by atoms with Crippen molar-refractivity contribution in [1.29, 1.82) is 0 Å². The first-order chi connectivity index (χ1) is 14.1. The molecule has 0 aromatic carbocycles. The van der Waals surface area contributed by atoms with Crippen LogP contribution in [0.1, 0.15) is 39.2 Å². The number of halogens is 1. The molecule has 2 bridgehead atoms. The summed E-state index contributed by atoms with van der Waals surface area (Å²) in [4.78, 5) is 38.5. The summed E-state index contributed by atoms with van der Waals surface area (Å²) in [6.07, 6.45) is 3.38. The first-order valence-corrected chi connectivity index (χ1v) is 11.5. The molecule has 10 heteroatoms. The van der Waals surface area contributed by atoms with Crippen LogP contribution in [0, 0.1) is 6.92 Å². The van der Waals surface area contributed by atoms with E-state index in [-0.39, 0.29) is 23.4 Å². The van der Waals surface area contributed by atoms with Crippen molar-refractivity contribution in [2.45, 2.75) is 63.4 Å². The van der Waals surface area contributed by atoms with Crippen LogP contribution in [-0.4, -0.2) is 58.0 Å². The summed E-state index contributed by atoms with van der Waals surface area (Å²) in [5.74, 6) is 0.540. The second-order valence-electron chi connectivity index (χ2n) is 8.72. The van der Waals surface area contributed by atoms with E-state index in [0.29, 0.717) is 40.5 Å². The zero-order chi connectivity index (χ0) is 21.8. The topological polar surface area (TPSA) is 88.8 Å². The summed E-state index contributed by atoms with van der Waals surface area (Å²) in [6, 6.07) is 0.00330. The quantitative estimate of drug-likeness (QED) is 0.501. The first-order valence-electron chi connectivity index (χ1n) is 9.90. The Morgan fingerprint density at radius 2 is 1.87 bits per heavy atom. The van der Waals surface area contributed by atoms with Gasteiger partial charge in [0.2, 0.25) is 5.22 Å². The number of aryl methyl sites for hydroxylation is 1. The molecule has 0 saturated carbocycles. The van der Waals surface area contributed by atoms with Gasteiger partial charge >= 0.3 is 11.7 Å². The number of amides is 1. The Balaban J connectivity index is 1.72. The molecule has 2 saturated heterocycles. The highest BCUT2D eigenvalue weighted by Crippen LogP contribution is 2.36. The molecule has 2 aromatic rings. The van der Waals surface area contributed by atoms with Crippen molar-refractivity contribution in [2.75, 3.05) is 24.2 Å². The number of rotatable bonds is 2. The molecule has 8 nitrogen and oxygen atoms in total. The summed E-state index contributed by atoms with van der Waals surface area (Å²) in [6.45, 7) is 8.51. The van der Waals surface area contributed by atoms with Gasteiger partial charge in [-0.05, 0) is 58.4 Å². The monoisotopic (exact) mass is 452 g/mol. The standard InChI is InChI=1S/C20H25ClN4O4S/c1-10-14-13(17(26)28-15(10)21)16(23-18(22-14)30-5)24-8-11-6-7-12(9-24)25(11)19(27)29-20(2,3)4/h11-12H,6-9H2,1-5H3/t11-,12+. The molecule has 0 unspecified atom stereocenters. The Morgan fingerprint density at radius 1 is 1.23 bits per heavy atom. The molecular formula is C20H25ClN4O4S. The molecule has 2 fully saturated rings. The van der Waals surface area contributed by atoms with Gasteiger partial charge in [0, 0.05) is 18.7 Å². The fourth-order valence-corrected chi connectivity index (χ4v) is 4.72. The van der Waals surface area contributed by atoms with E-state index in [4.69, 9.17) is 20.8 Å². The minimum atomic E-state index is -0.551. The van der Waals surface area contributed by atoms with Crippen molar-refractivity contribution >= 4 is 46.2 Å². The number of piperazine rings is 1. The SMILES string of the molecule is CSc1nc(N2C[C@H]3CC[C@@H](C2)N3C(=O)OC(C)(C)C)c2c(=O)oc(Cl)c(C)c2n1. The number of anilines is 1. The molecule has 4 rings (SSSR count). The summed E-state index contributed by atoms with van der Waals surface area (Å²) in [5.41, 5.74) is 0.0257. The molecule has 2 atom stereocenters. The van der Waals surface area contributed by atoms with Crippen LogP contribution in [0.25, 0.3) is 10.9 Å². The number of carbonyl (C=O) groups excluding carboxylic acids is 1. The average Bonchev–Trinajstić information content (AvgIpc) is 2.94. The lowest BCUT2D eigenvalue weighted by Gasteiger charge is -2.42. The smallest absolute Gasteiger partial charge is 0.410 e. The van der Waals surface area contributed by atoms with E-state index < -0.39 is 11.2 Å². The van der Waals surface area contributed by atoms with Gasteiger partial charge in [-0.2, -0.15) is 0 Å². The number of fused-ring (bicyclic) bond motifs is 3. The van der Waals surface area contributed by atoms with Gasteiger partial charge in [0.15, 0.2) is 5.16 Å². The van der Waals surface area contributed by atoms with E-state index in [2.05, 4.69) is 14.9 Å². The molecule has 0 N–H and O–H groups in total. The third-order valence-electron chi connectivity index (χ3n) is 5.47. The van der Waals surface area contributed by atoms with Crippen LogP contribution in [0.15, 0.2) is 14.4 Å². The molecule has 30 heavy (non-hydrogen) atoms. The lowest BCUT2D eigenvalue weighted by molar-refractivity contribution is 0.0123. The third kappa shape index (κ3) is 3.73. The van der Waals surface area contributed by atoms with Crippen LogP contribution < -0.4 is 10.5 Å². The van der Waals surface area contributed by atoms with Gasteiger partial charge in [-0.15, -0.1) is 0 Å². The second-order valence-corrected chi connectivity index (χ2v) is 9.84. The zero-order valence-electron chi connectivity index (χ0n) is 17.7. The average molecular weight is 453 g/mol. The van der Waals surface area contributed by atoms with E-state index in [1.165, 1.54) is 11.8 Å². The predicted molar refractivity (Wildman–Crippen MR) is 117 cm³/mol. The summed E-state index contributed by atoms with van der Waals surface area (Å²) < 4.78 is 10.8. The Hall–Kier alpha value is -2.00. The van der Waals surface area contributed by atoms with Crippen LogP contribution in [-0.2, 0) is 4.74 Å². The van der Waals surface area contributed by atoms with Crippen LogP contribution in [0.2, 0.25) is 5.22 Å². The maximum atomic E-state index is 12.7. The fraction of sp³-hybridized carbons (Fsp3) is 0.600. The third-order valence-corrected chi connectivity index (χ3v) is 6.38. The van der Waals surface area contributed by atoms with Crippen molar-refractivity contribution in [3.63, 3.8) is 0 Å². The highest BCUT2D eigenvalue weighted by molar-refractivity contribution is 7.98. The minimum absolute atomic E-state index is 0.00165. The molecule has 2 aliphatic heterocycles. The van der Waals surface area contributed by atoms with Crippen molar-refractivity contribution in [3.8, 4) is 0 Å². The van der Waals surface area contributed by atoms with Gasteiger partial charge < -0.3 is 14.1 Å². The highest BCUT2D eigenvalue weighted by Gasteiger charge is 2.45. The second kappa shape index (κ2) is 7.60. The van der Waals surface area contributed by atoms with Crippen molar-refractivity contribution in [1.82, 2.24) is 14.9 Å². The number of aromatic nitrogens is 2. The Bertz CT molecular complexity index is 1050. The molecule has 2 aromatic heterocycles. The number of nitrogens with zero attached hydrogens (tertiary/aromatic N) is 4. The first kappa shape index (κ1) is 21.2. The molecule has 0 radical (unpaired) electrons. The van der Waals surface area contributed by atoms with Gasteiger partial charge in [-0.3, -0.25) is 4.90 Å². The van der Waals surface area contributed by atoms with Crippen LogP contribution in [0.4, 0.5) is 10.6 Å². The molecule has 4 heterocycles. The molecule has 0 aliphatic carbocycles.